The van der Waals surface area contributed by atoms with Gasteiger partial charge in [0.2, 0.25) is 0 Å². The summed E-state index contributed by atoms with van der Waals surface area (Å²) in [5, 5.41) is 0. The van der Waals surface area contributed by atoms with E-state index in [9.17, 15) is 9.59 Å². The van der Waals surface area contributed by atoms with Gasteiger partial charge in [-0.3, -0.25) is 4.79 Å². The molecule has 2 bridgehead atoms. The summed E-state index contributed by atoms with van der Waals surface area (Å²) in [6.07, 6.45) is 3.18. The normalized spacial score (nSPS) is 29.3. The smallest absolute Gasteiger partial charge is 0.338 e. The van der Waals surface area contributed by atoms with Crippen molar-refractivity contribution in [2.75, 3.05) is 7.11 Å². The number of esters is 2. The Labute approximate surface area is 148 Å². The second-order valence-electron chi connectivity index (χ2n) is 8.03. The van der Waals surface area contributed by atoms with Crippen molar-refractivity contribution in [3.05, 3.63) is 23.8 Å². The summed E-state index contributed by atoms with van der Waals surface area (Å²) >= 11 is 0. The van der Waals surface area contributed by atoms with E-state index in [0.29, 0.717) is 23.0 Å². The number of methoxy groups -OCH3 is 1. The Hall–Kier alpha value is -2.04. The van der Waals surface area contributed by atoms with Crippen LogP contribution in [0.4, 0.5) is 0 Å². The lowest BCUT2D eigenvalue weighted by atomic mass is 9.71. The molecule has 0 aliphatic heterocycles. The summed E-state index contributed by atoms with van der Waals surface area (Å²) in [5.41, 5.74) is 0.826. The Morgan fingerprint density at radius 1 is 1.16 bits per heavy atom. The lowest BCUT2D eigenvalue weighted by Gasteiger charge is -2.33. The SMILES string of the molecule is COc1cc(C(=O)OC2CC3(C)CCC2C3(C)C)ccc1OC(C)=O. The van der Waals surface area contributed by atoms with Gasteiger partial charge in [0, 0.05) is 12.8 Å². The molecule has 2 saturated carbocycles. The molecule has 1 aromatic rings. The van der Waals surface area contributed by atoms with Crippen LogP contribution >= 0.6 is 0 Å². The molecular weight excluding hydrogens is 320 g/mol. The van der Waals surface area contributed by atoms with Gasteiger partial charge >= 0.3 is 11.9 Å². The third-order valence-corrected chi connectivity index (χ3v) is 6.50. The maximum atomic E-state index is 12.6. The van der Waals surface area contributed by atoms with Gasteiger partial charge in [0.1, 0.15) is 6.10 Å². The summed E-state index contributed by atoms with van der Waals surface area (Å²) in [7, 11) is 1.47. The first-order valence-corrected chi connectivity index (χ1v) is 8.75. The molecule has 25 heavy (non-hydrogen) atoms. The molecule has 0 heterocycles. The minimum absolute atomic E-state index is 0.0413. The van der Waals surface area contributed by atoms with E-state index >= 15 is 0 Å². The van der Waals surface area contributed by atoms with Crippen LogP contribution < -0.4 is 9.47 Å². The van der Waals surface area contributed by atoms with Gasteiger partial charge in [-0.15, -0.1) is 0 Å². The highest BCUT2D eigenvalue weighted by Crippen LogP contribution is 2.66. The number of hydrogen-bond donors (Lipinski definition) is 0. The van der Waals surface area contributed by atoms with Crippen LogP contribution in [0.3, 0.4) is 0 Å². The number of hydrogen-bond acceptors (Lipinski definition) is 5. The van der Waals surface area contributed by atoms with Crippen LogP contribution in [0.15, 0.2) is 18.2 Å². The van der Waals surface area contributed by atoms with Gasteiger partial charge in [0.05, 0.1) is 12.7 Å². The topological polar surface area (TPSA) is 61.8 Å². The van der Waals surface area contributed by atoms with Crippen molar-refractivity contribution in [2.24, 2.45) is 16.7 Å². The zero-order valence-corrected chi connectivity index (χ0v) is 15.5. The summed E-state index contributed by atoms with van der Waals surface area (Å²) < 4.78 is 16.1. The molecule has 5 nitrogen and oxygen atoms in total. The third kappa shape index (κ3) is 2.90. The Morgan fingerprint density at radius 3 is 2.40 bits per heavy atom. The van der Waals surface area contributed by atoms with E-state index in [1.165, 1.54) is 20.5 Å². The molecule has 3 rings (SSSR count). The fraction of sp³-hybridized carbons (Fsp3) is 0.600. The standard InChI is InChI=1S/C20H26O5/c1-12(21)24-15-7-6-13(10-16(15)23-5)18(22)25-17-11-20(4)9-8-14(17)19(20,2)3/h6-7,10,14,17H,8-9,11H2,1-5H3. The molecule has 136 valence electrons. The second kappa shape index (κ2) is 6.04. The zero-order valence-electron chi connectivity index (χ0n) is 15.5. The van der Waals surface area contributed by atoms with Crippen molar-refractivity contribution >= 4 is 11.9 Å². The predicted molar refractivity (Wildman–Crippen MR) is 92.7 cm³/mol. The highest BCUT2D eigenvalue weighted by molar-refractivity contribution is 5.90. The second-order valence-corrected chi connectivity index (χ2v) is 8.03. The molecule has 0 amide bonds. The number of ether oxygens (including phenoxy) is 3. The van der Waals surface area contributed by atoms with Crippen molar-refractivity contribution in [3.8, 4) is 11.5 Å². The van der Waals surface area contributed by atoms with Gasteiger partial charge in [-0.05, 0) is 48.3 Å². The highest BCUT2D eigenvalue weighted by atomic mass is 16.6. The molecule has 0 spiro atoms. The average Bonchev–Trinajstić information content (AvgIpc) is 2.87. The van der Waals surface area contributed by atoms with Crippen molar-refractivity contribution in [2.45, 2.75) is 53.1 Å². The minimum atomic E-state index is -0.439. The molecule has 2 aliphatic rings. The van der Waals surface area contributed by atoms with Crippen molar-refractivity contribution < 1.29 is 23.8 Å². The number of carbonyl (C=O) groups is 2. The van der Waals surface area contributed by atoms with Crippen LogP contribution in [-0.2, 0) is 9.53 Å². The maximum absolute atomic E-state index is 12.6. The first-order valence-electron chi connectivity index (χ1n) is 8.75. The lowest BCUT2D eigenvalue weighted by molar-refractivity contribution is -0.132. The first-order chi connectivity index (χ1) is 11.7. The number of fused-ring (bicyclic) bond motifs is 2. The molecule has 0 aromatic heterocycles. The molecule has 1 aromatic carbocycles. The van der Waals surface area contributed by atoms with Gasteiger partial charge < -0.3 is 14.2 Å². The maximum Gasteiger partial charge on any atom is 0.338 e. The van der Waals surface area contributed by atoms with Crippen molar-refractivity contribution in [1.29, 1.82) is 0 Å². The summed E-state index contributed by atoms with van der Waals surface area (Å²) in [6, 6.07) is 4.72. The fourth-order valence-corrected chi connectivity index (χ4v) is 4.57. The van der Waals surface area contributed by atoms with Crippen LogP contribution in [0.5, 0.6) is 11.5 Å². The van der Waals surface area contributed by atoms with Crippen LogP contribution in [-0.4, -0.2) is 25.2 Å². The van der Waals surface area contributed by atoms with Crippen LogP contribution in [0.25, 0.3) is 0 Å². The van der Waals surface area contributed by atoms with Gasteiger partial charge in [-0.25, -0.2) is 4.79 Å². The first kappa shape index (κ1) is 17.8. The van der Waals surface area contributed by atoms with Crippen molar-refractivity contribution in [3.63, 3.8) is 0 Å². The summed E-state index contributed by atoms with van der Waals surface area (Å²) in [5.74, 6) is 0.240. The van der Waals surface area contributed by atoms with E-state index in [0.717, 1.165) is 12.8 Å². The molecule has 3 atom stereocenters. The third-order valence-electron chi connectivity index (χ3n) is 6.50. The van der Waals surface area contributed by atoms with E-state index in [-0.39, 0.29) is 22.9 Å². The number of carbonyl (C=O) groups excluding carboxylic acids is 2. The molecule has 0 saturated heterocycles. The van der Waals surface area contributed by atoms with E-state index in [2.05, 4.69) is 20.8 Å². The van der Waals surface area contributed by atoms with E-state index < -0.39 is 5.97 Å². The monoisotopic (exact) mass is 346 g/mol. The minimum Gasteiger partial charge on any atom is -0.493 e. The molecular formula is C20H26O5. The Morgan fingerprint density at radius 2 is 1.88 bits per heavy atom. The molecule has 3 unspecified atom stereocenters. The number of rotatable bonds is 4. The van der Waals surface area contributed by atoms with Crippen molar-refractivity contribution in [1.82, 2.24) is 0 Å². The predicted octanol–water partition coefficient (Wildman–Crippen LogP) is 3.99. The van der Waals surface area contributed by atoms with E-state index in [1.54, 1.807) is 18.2 Å². The number of benzene rings is 1. The Kier molecular flexibility index (Phi) is 4.30. The average molecular weight is 346 g/mol. The molecule has 0 N–H and O–H groups in total. The van der Waals surface area contributed by atoms with Crippen LogP contribution in [0.1, 0.15) is 57.3 Å². The van der Waals surface area contributed by atoms with Crippen LogP contribution in [0, 0.1) is 16.7 Å². The molecule has 0 radical (unpaired) electrons. The molecule has 5 heteroatoms. The fourth-order valence-electron chi connectivity index (χ4n) is 4.57. The highest BCUT2D eigenvalue weighted by Gasteiger charge is 2.61. The largest absolute Gasteiger partial charge is 0.493 e. The van der Waals surface area contributed by atoms with Gasteiger partial charge in [-0.1, -0.05) is 20.8 Å². The van der Waals surface area contributed by atoms with Crippen LogP contribution in [0.2, 0.25) is 0 Å². The summed E-state index contributed by atoms with van der Waals surface area (Å²) in [4.78, 5) is 23.7. The Balaban J connectivity index is 1.75. The summed E-state index contributed by atoms with van der Waals surface area (Å²) in [6.45, 7) is 8.20. The van der Waals surface area contributed by atoms with E-state index in [1.807, 2.05) is 0 Å². The Bertz CT molecular complexity index is 705. The quantitative estimate of drug-likeness (QED) is 0.609. The van der Waals surface area contributed by atoms with Gasteiger partial charge in [0.25, 0.3) is 0 Å². The van der Waals surface area contributed by atoms with E-state index in [4.69, 9.17) is 14.2 Å². The van der Waals surface area contributed by atoms with Gasteiger partial charge in [0.15, 0.2) is 11.5 Å². The lowest BCUT2D eigenvalue weighted by Crippen LogP contribution is -2.28. The molecule has 2 aliphatic carbocycles. The van der Waals surface area contributed by atoms with Gasteiger partial charge in [-0.2, -0.15) is 0 Å². The molecule has 2 fully saturated rings. The zero-order chi connectivity index (χ0) is 18.4.